The molecule has 0 spiro atoms. The van der Waals surface area contributed by atoms with Gasteiger partial charge >= 0.3 is 0 Å². The zero-order valence-electron chi connectivity index (χ0n) is 13.0. The Labute approximate surface area is 136 Å². The summed E-state index contributed by atoms with van der Waals surface area (Å²) >= 11 is 0. The van der Waals surface area contributed by atoms with Crippen LogP contribution >= 0.6 is 0 Å². The van der Waals surface area contributed by atoms with Crippen LogP contribution in [0.4, 0.5) is 0 Å². The van der Waals surface area contributed by atoms with E-state index in [1.165, 1.54) is 0 Å². The van der Waals surface area contributed by atoms with Gasteiger partial charge in [0.25, 0.3) is 10.1 Å². The summed E-state index contributed by atoms with van der Waals surface area (Å²) < 4.78 is 33.1. The van der Waals surface area contributed by atoms with E-state index in [4.69, 9.17) is 0 Å². The fraction of sp³-hybridized carbons (Fsp3) is 0.158. The Morgan fingerprint density at radius 1 is 0.826 bits per heavy atom. The molecule has 4 heteroatoms. The van der Waals surface area contributed by atoms with Crippen LogP contribution in [0.1, 0.15) is 25.3 Å². The van der Waals surface area contributed by atoms with Crippen LogP contribution in [0.15, 0.2) is 65.6 Å². The molecule has 0 fully saturated rings. The molecular formula is C19H18O3S. The summed E-state index contributed by atoms with van der Waals surface area (Å²) in [7, 11) is -4.28. The third-order valence-electron chi connectivity index (χ3n) is 4.04. The normalized spacial score (nSPS) is 12.0. The van der Waals surface area contributed by atoms with Crippen molar-refractivity contribution < 1.29 is 13.0 Å². The second-order valence-corrected chi connectivity index (χ2v) is 7.30. The first kappa shape index (κ1) is 15.7. The smallest absolute Gasteiger partial charge is 0.282 e. The maximum atomic E-state index is 11.8. The predicted octanol–water partition coefficient (Wildman–Crippen LogP) is 4.83. The Morgan fingerprint density at radius 2 is 1.43 bits per heavy atom. The highest BCUT2D eigenvalue weighted by molar-refractivity contribution is 7.86. The minimum absolute atomic E-state index is 0.0442. The molecule has 1 aromatic rings. The number of fused-ring (bicyclic) bond motifs is 1. The number of rotatable bonds is 3. The van der Waals surface area contributed by atoms with E-state index >= 15 is 0 Å². The summed E-state index contributed by atoms with van der Waals surface area (Å²) in [6, 6.07) is 18.8. The largest absolute Gasteiger partial charge is 0.295 e. The van der Waals surface area contributed by atoms with Crippen molar-refractivity contribution in [2.75, 3.05) is 0 Å². The van der Waals surface area contributed by atoms with Crippen LogP contribution < -0.4 is 0 Å². The molecule has 0 unspecified atom stereocenters. The van der Waals surface area contributed by atoms with Gasteiger partial charge in [-0.25, -0.2) is 0 Å². The van der Waals surface area contributed by atoms with Crippen molar-refractivity contribution >= 4 is 10.1 Å². The zero-order chi connectivity index (χ0) is 16.6. The minimum Gasteiger partial charge on any atom is -0.282 e. The SMILES string of the molecule is CC(C)c1ccc2c(-c3ccccc3)cc(S(=O)(=O)O)c-2cc1. The topological polar surface area (TPSA) is 54.4 Å². The Morgan fingerprint density at radius 3 is 2.00 bits per heavy atom. The molecule has 0 bridgehead atoms. The average molecular weight is 326 g/mol. The molecule has 0 saturated carbocycles. The van der Waals surface area contributed by atoms with E-state index in [1.54, 1.807) is 12.1 Å². The molecule has 0 atom stereocenters. The molecule has 1 aromatic carbocycles. The lowest BCUT2D eigenvalue weighted by atomic mass is 10.0. The minimum atomic E-state index is -4.28. The molecule has 0 aliphatic heterocycles. The molecule has 2 aliphatic rings. The van der Waals surface area contributed by atoms with Crippen molar-refractivity contribution in [3.05, 3.63) is 66.2 Å². The summed E-state index contributed by atoms with van der Waals surface area (Å²) in [6.07, 6.45) is 0. The van der Waals surface area contributed by atoms with E-state index in [0.717, 1.165) is 22.3 Å². The number of hydrogen-bond acceptors (Lipinski definition) is 2. The average Bonchev–Trinajstić information content (AvgIpc) is 2.73. The summed E-state index contributed by atoms with van der Waals surface area (Å²) in [5.74, 6) is 0.334. The second-order valence-electron chi connectivity index (χ2n) is 5.91. The van der Waals surface area contributed by atoms with Gasteiger partial charge in [-0.1, -0.05) is 68.4 Å². The summed E-state index contributed by atoms with van der Waals surface area (Å²) in [5.41, 5.74) is 4.19. The monoisotopic (exact) mass is 326 g/mol. The summed E-state index contributed by atoms with van der Waals surface area (Å²) in [4.78, 5) is -0.0442. The molecular weight excluding hydrogens is 308 g/mol. The maximum absolute atomic E-state index is 11.8. The third kappa shape index (κ3) is 3.00. The Bertz CT molecular complexity index is 913. The second kappa shape index (κ2) is 5.80. The third-order valence-corrected chi connectivity index (χ3v) is 4.93. The molecule has 0 aromatic heterocycles. The molecule has 0 amide bonds. The Kier molecular flexibility index (Phi) is 3.96. The van der Waals surface area contributed by atoms with E-state index in [9.17, 15) is 13.0 Å². The molecule has 0 radical (unpaired) electrons. The van der Waals surface area contributed by atoms with Gasteiger partial charge in [-0.15, -0.1) is 0 Å². The van der Waals surface area contributed by atoms with E-state index in [0.29, 0.717) is 11.5 Å². The molecule has 3 nitrogen and oxygen atoms in total. The molecule has 2 aliphatic carbocycles. The lowest BCUT2D eigenvalue weighted by Gasteiger charge is -2.01. The molecule has 1 N–H and O–H groups in total. The van der Waals surface area contributed by atoms with Crippen molar-refractivity contribution in [3.63, 3.8) is 0 Å². The number of hydrogen-bond donors (Lipinski definition) is 1. The number of benzene rings is 1. The molecule has 118 valence electrons. The van der Waals surface area contributed by atoms with Crippen LogP contribution in [0, 0.1) is 0 Å². The van der Waals surface area contributed by atoms with Gasteiger partial charge in [0.2, 0.25) is 0 Å². The van der Waals surface area contributed by atoms with Gasteiger partial charge in [-0.3, -0.25) is 4.55 Å². The van der Waals surface area contributed by atoms with Gasteiger partial charge in [0.15, 0.2) is 0 Å². The van der Waals surface area contributed by atoms with Gasteiger partial charge in [0.05, 0.1) is 0 Å². The highest BCUT2D eigenvalue weighted by Crippen LogP contribution is 2.41. The van der Waals surface area contributed by atoms with Gasteiger partial charge in [0.1, 0.15) is 4.90 Å². The molecule has 0 heterocycles. The van der Waals surface area contributed by atoms with Crippen molar-refractivity contribution in [2.24, 2.45) is 0 Å². The quantitative estimate of drug-likeness (QED) is 0.701. The van der Waals surface area contributed by atoms with Crippen LogP contribution in [-0.2, 0) is 10.1 Å². The maximum Gasteiger partial charge on any atom is 0.295 e. The van der Waals surface area contributed by atoms with Crippen LogP contribution in [0.25, 0.3) is 22.3 Å². The fourth-order valence-electron chi connectivity index (χ4n) is 2.79. The van der Waals surface area contributed by atoms with Crippen LogP contribution in [-0.4, -0.2) is 13.0 Å². The first-order chi connectivity index (χ1) is 10.9. The summed E-state index contributed by atoms with van der Waals surface area (Å²) in [5, 5.41) is 0. The van der Waals surface area contributed by atoms with Gasteiger partial charge in [0, 0.05) is 5.56 Å². The Balaban J connectivity index is 2.34. The zero-order valence-corrected chi connectivity index (χ0v) is 13.8. The van der Waals surface area contributed by atoms with Crippen molar-refractivity contribution in [3.8, 4) is 22.3 Å². The van der Waals surface area contributed by atoms with Crippen molar-refractivity contribution in [1.29, 1.82) is 0 Å². The van der Waals surface area contributed by atoms with Crippen LogP contribution in [0.2, 0.25) is 0 Å². The standard InChI is InChI=1S/C19H18O3S/c1-13(2)14-8-10-16-17(11-9-14)19(23(20,21)22)12-18(16)15-6-4-3-5-7-15/h3-13H,1-2H3,(H,20,21,22). The van der Waals surface area contributed by atoms with Crippen molar-refractivity contribution in [1.82, 2.24) is 0 Å². The van der Waals surface area contributed by atoms with E-state index in [2.05, 4.69) is 13.8 Å². The van der Waals surface area contributed by atoms with Crippen LogP contribution in [0.3, 0.4) is 0 Å². The lowest BCUT2D eigenvalue weighted by molar-refractivity contribution is 0.484. The molecule has 23 heavy (non-hydrogen) atoms. The first-order valence-electron chi connectivity index (χ1n) is 7.47. The highest BCUT2D eigenvalue weighted by Gasteiger charge is 2.23. The van der Waals surface area contributed by atoms with E-state index in [1.807, 2.05) is 48.5 Å². The Hall–Kier alpha value is -2.17. The van der Waals surface area contributed by atoms with Gasteiger partial charge < -0.3 is 0 Å². The molecule has 3 rings (SSSR count). The first-order valence-corrected chi connectivity index (χ1v) is 8.91. The highest BCUT2D eigenvalue weighted by atomic mass is 32.2. The van der Waals surface area contributed by atoms with E-state index in [-0.39, 0.29) is 4.90 Å². The van der Waals surface area contributed by atoms with E-state index < -0.39 is 10.1 Å². The lowest BCUT2D eigenvalue weighted by Crippen LogP contribution is -1.96. The van der Waals surface area contributed by atoms with Crippen molar-refractivity contribution in [2.45, 2.75) is 24.7 Å². The van der Waals surface area contributed by atoms with Crippen LogP contribution in [0.5, 0.6) is 0 Å². The van der Waals surface area contributed by atoms with Gasteiger partial charge in [-0.2, -0.15) is 8.42 Å². The predicted molar refractivity (Wildman–Crippen MR) is 92.4 cm³/mol. The fourth-order valence-corrected chi connectivity index (χ4v) is 3.51. The summed E-state index contributed by atoms with van der Waals surface area (Å²) in [6.45, 7) is 4.17. The molecule has 0 saturated heterocycles. The van der Waals surface area contributed by atoms with Gasteiger partial charge in [-0.05, 0) is 34.2 Å².